The van der Waals surface area contributed by atoms with Crippen LogP contribution >= 0.6 is 0 Å². The summed E-state index contributed by atoms with van der Waals surface area (Å²) in [4.78, 5) is 11.1. The zero-order valence-electron chi connectivity index (χ0n) is 43.1. The second kappa shape index (κ2) is 25.9. The maximum absolute atomic E-state index is 12.8. The number of hydrogen-bond donors (Lipinski definition) is 1. The third-order valence-corrected chi connectivity index (χ3v) is 17.1. The zero-order valence-corrected chi connectivity index (χ0v) is 46.4. The van der Waals surface area contributed by atoms with E-state index in [0.717, 1.165) is 6.07 Å². The van der Waals surface area contributed by atoms with Gasteiger partial charge in [-0.2, -0.15) is 4.58 Å². The highest BCUT2D eigenvalue weighted by Crippen LogP contribution is 2.54. The first kappa shape index (κ1) is 61.2. The number of carboxylic acids is 1. The molecule has 0 saturated heterocycles. The number of aliphatic carboxylic acids is 1. The van der Waals surface area contributed by atoms with Crippen LogP contribution in [0.15, 0.2) is 105 Å². The van der Waals surface area contributed by atoms with Crippen LogP contribution in [0.4, 0.5) is 11.4 Å². The van der Waals surface area contributed by atoms with E-state index in [-0.39, 0.29) is 69.4 Å². The maximum Gasteiger partial charge on any atom is 0.303 e. The van der Waals surface area contributed by atoms with E-state index in [2.05, 4.69) is 0 Å². The van der Waals surface area contributed by atoms with Crippen molar-refractivity contribution < 1.29 is 90.0 Å². The van der Waals surface area contributed by atoms with Crippen molar-refractivity contribution in [1.29, 1.82) is 0 Å². The largest absolute Gasteiger partial charge is 0.748 e. The SMILES string of the molecule is COCCOCCOCCOCCC1(C)\C(=C/C=C/C=C/C2=[N+](CCOC)c3ccc4ccc(S(=O)(=O)[O-])cc4c3C2(C)CCCS(=O)(=O)[O-])N(CCCCCC(=O)O)c2ccc3c(S(=O)(=O)[O-])cc(S(=O)(=O)[O-])cc3c21. The molecule has 77 heavy (non-hydrogen) atoms. The number of benzene rings is 4. The summed E-state index contributed by atoms with van der Waals surface area (Å²) in [6.07, 6.45) is 10.2. The van der Waals surface area contributed by atoms with Gasteiger partial charge < -0.3 is 51.9 Å². The van der Waals surface area contributed by atoms with Gasteiger partial charge >= 0.3 is 5.97 Å². The van der Waals surface area contributed by atoms with E-state index in [9.17, 15) is 61.8 Å². The highest BCUT2D eigenvalue weighted by Gasteiger charge is 2.49. The molecular formula is C52H63N2O19S4-3. The average molecular weight is 1150 g/mol. The number of rotatable bonds is 31. The highest BCUT2D eigenvalue weighted by molar-refractivity contribution is 7.87. The van der Waals surface area contributed by atoms with Crippen LogP contribution in [0, 0.1) is 0 Å². The van der Waals surface area contributed by atoms with Crippen molar-refractivity contribution in [2.45, 2.75) is 84.3 Å². The van der Waals surface area contributed by atoms with Crippen molar-refractivity contribution in [2.24, 2.45) is 0 Å². The quantitative estimate of drug-likeness (QED) is 0.0280. The van der Waals surface area contributed by atoms with Crippen molar-refractivity contribution in [3.05, 3.63) is 102 Å². The first-order valence-electron chi connectivity index (χ1n) is 24.7. The van der Waals surface area contributed by atoms with Gasteiger partial charge in [-0.3, -0.25) is 4.79 Å². The number of hydrogen-bond acceptors (Lipinski definition) is 19. The lowest BCUT2D eigenvalue weighted by Gasteiger charge is -2.31. The molecule has 0 fully saturated rings. The molecule has 0 amide bonds. The molecule has 0 saturated carbocycles. The normalized spacial score (nSPS) is 18.8. The fraction of sp³-hybridized carbons (Fsp3) is 0.462. The number of carbonyl (C=O) groups is 1. The summed E-state index contributed by atoms with van der Waals surface area (Å²) in [6, 6.07) is 12.3. The number of methoxy groups -OCH3 is 2. The van der Waals surface area contributed by atoms with Crippen molar-refractivity contribution in [3.8, 4) is 0 Å². The number of ether oxygens (including phenoxy) is 5. The Kier molecular flexibility index (Phi) is 20.6. The van der Waals surface area contributed by atoms with Gasteiger partial charge in [0.15, 0.2) is 12.3 Å². The molecule has 422 valence electrons. The van der Waals surface area contributed by atoms with Crippen LogP contribution in [0.5, 0.6) is 0 Å². The second-order valence-corrected chi connectivity index (χ2v) is 24.6. The molecule has 0 radical (unpaired) electrons. The predicted octanol–water partition coefficient (Wildman–Crippen LogP) is 5.54. The average Bonchev–Trinajstić information content (AvgIpc) is 4.02. The van der Waals surface area contributed by atoms with Crippen LogP contribution in [-0.4, -0.2) is 159 Å². The number of nitrogens with zero attached hydrogens (tertiary/aromatic N) is 2. The Morgan fingerprint density at radius 2 is 1.27 bits per heavy atom. The molecule has 4 aromatic carbocycles. The first-order chi connectivity index (χ1) is 36.3. The minimum atomic E-state index is -5.35. The Bertz CT molecular complexity index is 3410. The molecule has 0 aliphatic carbocycles. The molecule has 4 aromatic rings. The molecule has 2 unspecified atom stereocenters. The van der Waals surface area contributed by atoms with E-state index in [1.165, 1.54) is 31.4 Å². The number of fused-ring (bicyclic) bond motifs is 6. The van der Waals surface area contributed by atoms with Gasteiger partial charge in [0.2, 0.25) is 5.69 Å². The number of carboxylic acid groups (broad SMARTS) is 1. The lowest BCUT2D eigenvalue weighted by atomic mass is 9.74. The van der Waals surface area contributed by atoms with Crippen molar-refractivity contribution in [3.63, 3.8) is 0 Å². The fourth-order valence-corrected chi connectivity index (χ4v) is 12.6. The summed E-state index contributed by atoms with van der Waals surface area (Å²) < 4.78 is 178. The van der Waals surface area contributed by atoms with Gasteiger partial charge in [0, 0.05) is 74.1 Å². The summed E-state index contributed by atoms with van der Waals surface area (Å²) in [5.41, 5.74) is 1.17. The topological polar surface area (TPSA) is 318 Å². The Hall–Kier alpha value is -5.00. The molecule has 25 heteroatoms. The summed E-state index contributed by atoms with van der Waals surface area (Å²) in [6.45, 7) is 6.40. The number of unbranched alkanes of at least 4 members (excludes halogenated alkanes) is 2. The van der Waals surface area contributed by atoms with Crippen LogP contribution in [0.1, 0.15) is 69.9 Å². The Morgan fingerprint density at radius 3 is 1.90 bits per heavy atom. The summed E-state index contributed by atoms with van der Waals surface area (Å²) >= 11 is 0. The Labute approximate surface area is 449 Å². The van der Waals surface area contributed by atoms with E-state index in [4.69, 9.17) is 23.7 Å². The highest BCUT2D eigenvalue weighted by atomic mass is 32.2. The summed E-state index contributed by atoms with van der Waals surface area (Å²) in [5.74, 6) is -1.64. The molecule has 0 spiro atoms. The van der Waals surface area contributed by atoms with Gasteiger partial charge in [0.05, 0.1) is 69.9 Å². The van der Waals surface area contributed by atoms with E-state index in [1.807, 2.05) is 29.4 Å². The van der Waals surface area contributed by atoms with Crippen molar-refractivity contribution >= 4 is 85.1 Å². The molecule has 1 N–H and O–H groups in total. The third-order valence-electron chi connectivity index (χ3n) is 13.8. The van der Waals surface area contributed by atoms with Crippen LogP contribution in [0.25, 0.3) is 21.5 Å². The molecule has 0 aromatic heterocycles. The lowest BCUT2D eigenvalue weighted by Crippen LogP contribution is -2.32. The van der Waals surface area contributed by atoms with E-state index >= 15 is 0 Å². The minimum Gasteiger partial charge on any atom is -0.748 e. The minimum absolute atomic E-state index is 0.0289. The second-order valence-electron chi connectivity index (χ2n) is 19.0. The first-order valence-corrected chi connectivity index (χ1v) is 30.5. The molecule has 2 aliphatic rings. The van der Waals surface area contributed by atoms with Crippen LogP contribution in [0.3, 0.4) is 0 Å². The van der Waals surface area contributed by atoms with Gasteiger partial charge in [0.25, 0.3) is 0 Å². The smallest absolute Gasteiger partial charge is 0.303 e. The Balaban J connectivity index is 1.47. The molecule has 2 aliphatic heterocycles. The maximum atomic E-state index is 12.8. The number of anilines is 1. The molecule has 2 heterocycles. The van der Waals surface area contributed by atoms with Gasteiger partial charge in [-0.25, -0.2) is 33.7 Å². The van der Waals surface area contributed by atoms with E-state index in [1.54, 1.807) is 49.6 Å². The van der Waals surface area contributed by atoms with Gasteiger partial charge in [-0.15, -0.1) is 0 Å². The fourth-order valence-electron chi connectivity index (χ4n) is 10.2. The monoisotopic (exact) mass is 1150 g/mol. The van der Waals surface area contributed by atoms with E-state index < -0.39 is 77.7 Å². The van der Waals surface area contributed by atoms with Crippen LogP contribution in [0.2, 0.25) is 0 Å². The zero-order chi connectivity index (χ0) is 56.4. The molecule has 21 nitrogen and oxygen atoms in total. The third kappa shape index (κ3) is 15.0. The molecule has 2 atom stereocenters. The van der Waals surface area contributed by atoms with Gasteiger partial charge in [0.1, 0.15) is 37.0 Å². The molecular weight excluding hydrogens is 1080 g/mol. The summed E-state index contributed by atoms with van der Waals surface area (Å²) in [7, 11) is -17.1. The van der Waals surface area contributed by atoms with Gasteiger partial charge in [-0.1, -0.05) is 36.8 Å². The molecule has 6 rings (SSSR count). The van der Waals surface area contributed by atoms with Crippen LogP contribution < -0.4 is 4.90 Å². The molecule has 0 bridgehead atoms. The van der Waals surface area contributed by atoms with Crippen molar-refractivity contribution in [1.82, 2.24) is 0 Å². The van der Waals surface area contributed by atoms with Gasteiger partial charge in [-0.05, 0) is 116 Å². The standard InChI is InChI=1S/C52H66N2O19S4/c1-51(21-11-33-74(57,58)59)46(54(24-26-69-3)43-19-16-37-15-17-38(75(60,61)62)34-41(37)49(43)51)12-7-5-8-13-47-52(2,22-25-71-29-30-73-32-31-72-28-27-70-4)50-42-35-39(76(63,64)65)36-45(77(66,67)68)40(42)18-20-44(50)53(47)23-10-6-9-14-48(55)56/h5,7-8,12-13,15-20,34-36H,6,9-11,14,21-33H2,1-4H3,(H4-,55,56,57,58,59,60,61,62,63,64,65,66,67,68)/p-3. The number of allylic oxidation sites excluding steroid dienone is 6. The van der Waals surface area contributed by atoms with E-state index in [0.29, 0.717) is 103 Å². The van der Waals surface area contributed by atoms with Crippen LogP contribution in [-0.2, 0) is 79.8 Å². The Morgan fingerprint density at radius 1 is 0.636 bits per heavy atom. The van der Waals surface area contributed by atoms with Crippen molar-refractivity contribution in [2.75, 3.05) is 90.8 Å². The summed E-state index contributed by atoms with van der Waals surface area (Å²) in [5, 5.41) is 10.3. The predicted molar refractivity (Wildman–Crippen MR) is 281 cm³/mol. The lowest BCUT2D eigenvalue weighted by molar-refractivity contribution is -0.441.